The van der Waals surface area contributed by atoms with E-state index in [0.29, 0.717) is 11.1 Å². The number of allylic oxidation sites excluding steroid dienone is 1. The molecule has 20 heteroatoms. The van der Waals surface area contributed by atoms with Gasteiger partial charge in [0.25, 0.3) is 11.8 Å². The molecule has 0 radical (unpaired) electrons. The van der Waals surface area contributed by atoms with Crippen molar-refractivity contribution in [3.63, 3.8) is 0 Å². The number of aliphatic hydroxyl groups excluding tert-OH is 5. The zero-order valence-corrected chi connectivity index (χ0v) is 32.9. The molecule has 3 heterocycles. The number of fused-ring (bicyclic) bond motifs is 2. The SMILES string of the molecule is CN=C(N)NC(CCO)c1c(C)cc2c(c1O)C(=O)c1c(OC3OC(CO)C(O)(CC(CN4C(=O)C=CC4=O)C4=CCNC(N)=C4)C(O)C3O)cc(OC)c(CO)c1C2=O. The number of dihydropyridines is 1. The van der Waals surface area contributed by atoms with Crippen LogP contribution in [0.2, 0.25) is 0 Å². The summed E-state index contributed by atoms with van der Waals surface area (Å²) in [6.45, 7) is -0.572. The number of rotatable bonds is 14. The standard InChI is InChI=1S/C40H48N6O14/c1-17-10-20-31(34(53)29(17)22(7-9-47)45-39(42)43-2)35(54)32-24(12-23(58-3)21(15-48)30(32)33(20)52)59-38-36(55)37(56)40(57,25(16-49)60-38)13-19(18-6-8-44-26(41)11-18)14-46-27(50)4-5-28(46)51/h4-6,10-12,19,22,25,36-38,44,47-49,53,55-57H,7-9,13-16,41H2,1-3H3,(H3,42,43,45). The van der Waals surface area contributed by atoms with Crippen molar-refractivity contribution < 1.29 is 69.1 Å². The third-order valence-electron chi connectivity index (χ3n) is 11.2. The van der Waals surface area contributed by atoms with Gasteiger partial charge in [0.15, 0.2) is 11.7 Å². The molecule has 2 amide bonds. The molecule has 4 aliphatic rings. The summed E-state index contributed by atoms with van der Waals surface area (Å²) in [5, 5.41) is 83.7. The van der Waals surface area contributed by atoms with Crippen molar-refractivity contribution in [3.05, 3.63) is 86.8 Å². The molecule has 7 unspecified atom stereocenters. The Hall–Kier alpha value is -5.87. The second-order valence-corrected chi connectivity index (χ2v) is 14.7. The maximum atomic E-state index is 14.6. The topological polar surface area (TPSA) is 329 Å². The fourth-order valence-corrected chi connectivity index (χ4v) is 8.21. The van der Waals surface area contributed by atoms with Crippen molar-refractivity contribution in [2.45, 2.75) is 62.6 Å². The van der Waals surface area contributed by atoms with E-state index in [9.17, 15) is 54.9 Å². The number of amides is 2. The van der Waals surface area contributed by atoms with Gasteiger partial charge in [0.1, 0.15) is 41.2 Å². The fourth-order valence-electron chi connectivity index (χ4n) is 8.21. The summed E-state index contributed by atoms with van der Waals surface area (Å²) in [7, 11) is 2.64. The number of methoxy groups -OCH3 is 1. The Morgan fingerprint density at radius 1 is 1.08 bits per heavy atom. The number of hydrogen-bond donors (Lipinski definition) is 11. The van der Waals surface area contributed by atoms with Crippen LogP contribution in [0.25, 0.3) is 0 Å². The maximum Gasteiger partial charge on any atom is 0.253 e. The molecule has 322 valence electrons. The Labute approximate surface area is 343 Å². The smallest absolute Gasteiger partial charge is 0.253 e. The van der Waals surface area contributed by atoms with E-state index in [2.05, 4.69) is 15.6 Å². The monoisotopic (exact) mass is 836 g/mol. The quantitative estimate of drug-likeness (QED) is 0.0464. The van der Waals surface area contributed by atoms with Gasteiger partial charge in [-0.3, -0.25) is 29.1 Å². The number of guanidine groups is 1. The number of aromatic hydroxyl groups is 1. The van der Waals surface area contributed by atoms with Crippen LogP contribution >= 0.6 is 0 Å². The Morgan fingerprint density at radius 2 is 1.78 bits per heavy atom. The minimum Gasteiger partial charge on any atom is -0.507 e. The van der Waals surface area contributed by atoms with E-state index >= 15 is 0 Å². The molecule has 1 aliphatic carbocycles. The van der Waals surface area contributed by atoms with Crippen LogP contribution in [-0.4, -0.2) is 141 Å². The van der Waals surface area contributed by atoms with E-state index in [1.54, 1.807) is 13.0 Å². The van der Waals surface area contributed by atoms with Crippen molar-refractivity contribution in [3.8, 4) is 17.2 Å². The average Bonchev–Trinajstić information content (AvgIpc) is 3.54. The number of benzene rings is 2. The first-order valence-electron chi connectivity index (χ1n) is 18.9. The summed E-state index contributed by atoms with van der Waals surface area (Å²) < 4.78 is 17.4. The number of carbonyl (C=O) groups is 4. The van der Waals surface area contributed by atoms with E-state index in [1.807, 2.05) is 0 Å². The van der Waals surface area contributed by atoms with Crippen LogP contribution in [0.15, 0.2) is 52.8 Å². The van der Waals surface area contributed by atoms with E-state index in [0.717, 1.165) is 23.1 Å². The van der Waals surface area contributed by atoms with Gasteiger partial charge in [-0.05, 0) is 43.0 Å². The fraction of sp³-hybridized carbons (Fsp3) is 0.425. The number of nitrogens with one attached hydrogen (secondary N) is 2. The first-order valence-corrected chi connectivity index (χ1v) is 18.9. The van der Waals surface area contributed by atoms with Crippen LogP contribution in [0.1, 0.15) is 67.4 Å². The summed E-state index contributed by atoms with van der Waals surface area (Å²) in [4.78, 5) is 58.9. The number of hydrogen-bond acceptors (Lipinski definition) is 17. The zero-order valence-electron chi connectivity index (χ0n) is 32.9. The summed E-state index contributed by atoms with van der Waals surface area (Å²) in [6.07, 6.45) is -3.05. The van der Waals surface area contributed by atoms with Crippen LogP contribution in [0.3, 0.4) is 0 Å². The minimum atomic E-state index is -2.47. The number of aliphatic imine (C=N–C) groups is 1. The van der Waals surface area contributed by atoms with Crippen LogP contribution in [-0.2, 0) is 20.9 Å². The highest BCUT2D eigenvalue weighted by Gasteiger charge is 2.57. The molecule has 0 aromatic heterocycles. The van der Waals surface area contributed by atoms with Gasteiger partial charge >= 0.3 is 0 Å². The van der Waals surface area contributed by atoms with Gasteiger partial charge in [-0.2, -0.15) is 0 Å². The van der Waals surface area contributed by atoms with Gasteiger partial charge in [-0.1, -0.05) is 6.08 Å². The van der Waals surface area contributed by atoms with Gasteiger partial charge in [0.2, 0.25) is 12.1 Å². The lowest BCUT2D eigenvalue weighted by molar-refractivity contribution is -0.316. The first-order chi connectivity index (χ1) is 28.5. The average molecular weight is 837 g/mol. The van der Waals surface area contributed by atoms with Gasteiger partial charge in [-0.15, -0.1) is 0 Å². The molecular formula is C40H48N6O14. The van der Waals surface area contributed by atoms with Crippen molar-refractivity contribution in [1.82, 2.24) is 15.5 Å². The molecule has 7 atom stereocenters. The lowest BCUT2D eigenvalue weighted by atomic mass is 9.75. The van der Waals surface area contributed by atoms with Crippen molar-refractivity contribution in [2.75, 3.05) is 40.5 Å². The highest BCUT2D eigenvalue weighted by atomic mass is 16.7. The van der Waals surface area contributed by atoms with Gasteiger partial charge in [0.05, 0.1) is 43.3 Å². The Kier molecular flexibility index (Phi) is 12.7. The lowest BCUT2D eigenvalue weighted by Gasteiger charge is -2.49. The molecule has 1 fully saturated rings. The van der Waals surface area contributed by atoms with Gasteiger partial charge in [0, 0.05) is 73.1 Å². The molecule has 0 bridgehead atoms. The van der Waals surface area contributed by atoms with Crippen molar-refractivity contribution in [2.24, 2.45) is 22.4 Å². The molecule has 2 aromatic carbocycles. The Morgan fingerprint density at radius 3 is 2.38 bits per heavy atom. The second kappa shape index (κ2) is 17.4. The normalized spacial score (nSPS) is 24.9. The Bertz CT molecular complexity index is 2200. The highest BCUT2D eigenvalue weighted by molar-refractivity contribution is 6.31. The molecule has 3 aliphatic heterocycles. The molecule has 6 rings (SSSR count). The van der Waals surface area contributed by atoms with E-state index in [4.69, 9.17) is 25.7 Å². The summed E-state index contributed by atoms with van der Waals surface area (Å²) in [5.41, 5.74) is 8.76. The van der Waals surface area contributed by atoms with Crippen molar-refractivity contribution in [1.29, 1.82) is 0 Å². The summed E-state index contributed by atoms with van der Waals surface area (Å²) in [6, 6.07) is 1.63. The minimum absolute atomic E-state index is 0.00593. The largest absolute Gasteiger partial charge is 0.507 e. The van der Waals surface area contributed by atoms with Gasteiger partial charge < -0.3 is 72.1 Å². The maximum absolute atomic E-state index is 14.6. The van der Waals surface area contributed by atoms with Crippen LogP contribution in [0, 0.1) is 12.8 Å². The number of nitrogens with zero attached hydrogens (tertiary/aromatic N) is 2. The molecule has 0 saturated carbocycles. The number of nitrogens with two attached hydrogens (primary N) is 2. The summed E-state index contributed by atoms with van der Waals surface area (Å²) in [5.74, 6) is -4.92. The third-order valence-corrected chi connectivity index (χ3v) is 11.2. The van der Waals surface area contributed by atoms with Crippen LogP contribution in [0.5, 0.6) is 17.2 Å². The zero-order chi connectivity index (χ0) is 43.8. The Balaban J connectivity index is 1.39. The number of imide groups is 1. The number of phenolic OH excluding ortho intramolecular Hbond substituents is 1. The number of carbonyl (C=O) groups excluding carboxylic acids is 4. The second-order valence-electron chi connectivity index (χ2n) is 14.7. The number of aliphatic hydroxyl groups is 6. The number of aryl methyl sites for hydroxylation is 1. The summed E-state index contributed by atoms with van der Waals surface area (Å²) >= 11 is 0. The molecular weight excluding hydrogens is 788 g/mol. The number of phenols is 1. The van der Waals surface area contributed by atoms with Gasteiger partial charge in [-0.25, -0.2) is 0 Å². The third kappa shape index (κ3) is 7.69. The lowest BCUT2D eigenvalue weighted by Crippen LogP contribution is -2.68. The van der Waals surface area contributed by atoms with E-state index in [1.165, 1.54) is 26.3 Å². The molecule has 1 saturated heterocycles. The first kappa shape index (κ1) is 43.7. The van der Waals surface area contributed by atoms with E-state index < -0.39 is 108 Å². The van der Waals surface area contributed by atoms with E-state index in [-0.39, 0.29) is 65.9 Å². The predicted molar refractivity (Wildman–Crippen MR) is 209 cm³/mol. The number of ether oxygens (including phenoxy) is 3. The van der Waals surface area contributed by atoms with Crippen LogP contribution < -0.4 is 31.6 Å². The predicted octanol–water partition coefficient (Wildman–Crippen LogP) is -2.26. The van der Waals surface area contributed by atoms with Crippen molar-refractivity contribution >= 4 is 29.3 Å². The molecule has 2 aromatic rings. The van der Waals surface area contributed by atoms with Crippen LogP contribution in [0.4, 0.5) is 0 Å². The molecule has 20 nitrogen and oxygen atoms in total. The highest BCUT2D eigenvalue weighted by Crippen LogP contribution is 2.46. The molecule has 60 heavy (non-hydrogen) atoms. The molecule has 0 spiro atoms. The molecule has 13 N–H and O–H groups in total. The number of ketones is 2.